The molecule has 106 valence electrons. The van der Waals surface area contributed by atoms with Crippen molar-refractivity contribution in [1.29, 1.82) is 0 Å². The van der Waals surface area contributed by atoms with Crippen LogP contribution in [-0.2, 0) is 5.66 Å². The first-order chi connectivity index (χ1) is 9.26. The van der Waals surface area contributed by atoms with Crippen LogP contribution in [0.2, 0.25) is 0 Å². The number of nitro groups is 4. The van der Waals surface area contributed by atoms with Gasteiger partial charge in [-0.15, -0.1) is 0 Å². The lowest BCUT2D eigenvalue weighted by Crippen LogP contribution is -2.59. The summed E-state index contributed by atoms with van der Waals surface area (Å²) in [5.74, 6) is 0. The molecule has 0 radical (unpaired) electrons. The molecule has 0 saturated carbocycles. The largest absolute Gasteiger partial charge is 0.618 e. The van der Waals surface area contributed by atoms with E-state index in [2.05, 4.69) is 0 Å². The third-order valence-electron chi connectivity index (χ3n) is 2.51. The van der Waals surface area contributed by atoms with E-state index in [1.54, 1.807) is 0 Å². The summed E-state index contributed by atoms with van der Waals surface area (Å²) in [7, 11) is 0. The molecule has 0 amide bonds. The highest BCUT2D eigenvalue weighted by molar-refractivity contribution is 5.20. The van der Waals surface area contributed by atoms with Gasteiger partial charge in [0.25, 0.3) is 0 Å². The Kier molecular flexibility index (Phi) is 3.88. The zero-order valence-corrected chi connectivity index (χ0v) is 9.52. The van der Waals surface area contributed by atoms with Crippen LogP contribution < -0.4 is 0 Å². The zero-order chi connectivity index (χ0) is 15.5. The number of hydrogen-bond acceptors (Lipinski definition) is 8. The second-order valence-electron chi connectivity index (χ2n) is 3.55. The van der Waals surface area contributed by atoms with E-state index in [9.17, 15) is 40.5 Å². The number of benzene rings is 1. The third-order valence-corrected chi connectivity index (χ3v) is 2.51. The van der Waals surface area contributed by atoms with Gasteiger partial charge in [-0.05, 0) is 12.1 Å². The smallest absolute Gasteiger partial charge is 0.258 e. The molecule has 12 heteroatoms. The van der Waals surface area contributed by atoms with E-state index in [1.165, 1.54) is 6.07 Å². The highest BCUT2D eigenvalue weighted by atomic mass is 16.7. The normalized spacial score (nSPS) is 11.1. The molecule has 1 rings (SSSR count). The van der Waals surface area contributed by atoms with E-state index in [-0.39, 0.29) is 0 Å². The molecule has 0 aliphatic rings. The van der Waals surface area contributed by atoms with Gasteiger partial charge in [-0.1, -0.05) is 18.2 Å². The Bertz CT molecular complexity index is 545. The van der Waals surface area contributed by atoms with Crippen molar-refractivity contribution in [2.45, 2.75) is 11.8 Å². The molecule has 0 aliphatic heterocycles. The van der Waals surface area contributed by atoms with Crippen molar-refractivity contribution in [3.63, 3.8) is 0 Å². The molecular formula is C8H6N4O8. The van der Waals surface area contributed by atoms with Crippen molar-refractivity contribution in [1.82, 2.24) is 0 Å². The fourth-order valence-corrected chi connectivity index (χ4v) is 1.67. The molecule has 1 aromatic rings. The van der Waals surface area contributed by atoms with Crippen LogP contribution in [0, 0.1) is 40.5 Å². The summed E-state index contributed by atoms with van der Waals surface area (Å²) in [5, 5.41) is 43.6. The van der Waals surface area contributed by atoms with Crippen molar-refractivity contribution in [3.05, 3.63) is 76.4 Å². The van der Waals surface area contributed by atoms with Crippen LogP contribution in [0.25, 0.3) is 0 Å². The maximum atomic E-state index is 11.1. The average molecular weight is 286 g/mol. The minimum atomic E-state index is -3.70. The van der Waals surface area contributed by atoms with E-state index in [0.717, 1.165) is 24.3 Å². The first-order valence-corrected chi connectivity index (χ1v) is 4.87. The lowest BCUT2D eigenvalue weighted by Gasteiger charge is -2.15. The van der Waals surface area contributed by atoms with Crippen molar-refractivity contribution in [3.8, 4) is 0 Å². The van der Waals surface area contributed by atoms with Crippen LogP contribution in [0.5, 0.6) is 0 Å². The summed E-state index contributed by atoms with van der Waals surface area (Å²) in [6, 6.07) is 5.35. The molecule has 0 spiro atoms. The van der Waals surface area contributed by atoms with Gasteiger partial charge in [0.05, 0.1) is 0 Å². The van der Waals surface area contributed by atoms with E-state index < -0.39 is 37.1 Å². The van der Waals surface area contributed by atoms with Crippen molar-refractivity contribution in [2.24, 2.45) is 0 Å². The van der Waals surface area contributed by atoms with Gasteiger partial charge in [-0.2, -0.15) is 0 Å². The fraction of sp³-hybridized carbons (Fsp3) is 0.250. The quantitative estimate of drug-likeness (QED) is 0.406. The molecule has 0 N–H and O–H groups in total. The summed E-state index contributed by atoms with van der Waals surface area (Å²) >= 11 is 0. The third kappa shape index (κ3) is 2.09. The van der Waals surface area contributed by atoms with Crippen molar-refractivity contribution < 1.29 is 19.7 Å². The Morgan fingerprint density at radius 2 is 1.20 bits per heavy atom. The highest BCUT2D eigenvalue weighted by Crippen LogP contribution is 2.31. The average Bonchev–Trinajstić information content (AvgIpc) is 2.34. The Morgan fingerprint density at radius 3 is 1.50 bits per heavy atom. The molecule has 0 atom stereocenters. The van der Waals surface area contributed by atoms with Crippen molar-refractivity contribution in [2.75, 3.05) is 0 Å². The van der Waals surface area contributed by atoms with Crippen LogP contribution >= 0.6 is 0 Å². The Labute approximate surface area is 109 Å². The Balaban J connectivity index is 3.73. The van der Waals surface area contributed by atoms with E-state index >= 15 is 0 Å². The van der Waals surface area contributed by atoms with Crippen LogP contribution in [0.4, 0.5) is 0 Å². The lowest BCUT2D eigenvalue weighted by atomic mass is 9.97. The van der Waals surface area contributed by atoms with Gasteiger partial charge in [0.15, 0.2) is 0 Å². The van der Waals surface area contributed by atoms with Gasteiger partial charge in [-0.25, -0.2) is 0 Å². The zero-order valence-electron chi connectivity index (χ0n) is 9.52. The van der Waals surface area contributed by atoms with Gasteiger partial charge >= 0.3 is 11.8 Å². The number of nitrogens with zero attached hydrogens (tertiary/aromatic N) is 4. The van der Waals surface area contributed by atoms with Gasteiger partial charge in [0, 0.05) is 0 Å². The Hall–Kier alpha value is -3.18. The molecule has 0 aromatic heterocycles. The SMILES string of the molecule is O=[N+]([O-])C([N+](=O)[O-])C(c1ccccc1)([N+](=O)[O-])[N+](=O)[O-]. The Morgan fingerprint density at radius 1 is 0.800 bits per heavy atom. The van der Waals surface area contributed by atoms with Crippen LogP contribution in [0.15, 0.2) is 30.3 Å². The van der Waals surface area contributed by atoms with Crippen LogP contribution in [0.1, 0.15) is 5.56 Å². The van der Waals surface area contributed by atoms with Gasteiger partial charge in [0.1, 0.15) is 25.3 Å². The van der Waals surface area contributed by atoms with E-state index in [4.69, 9.17) is 0 Å². The molecule has 0 saturated heterocycles. The molecule has 1 aromatic carbocycles. The second-order valence-corrected chi connectivity index (χ2v) is 3.55. The number of hydrogen-bond donors (Lipinski definition) is 0. The molecule has 12 nitrogen and oxygen atoms in total. The van der Waals surface area contributed by atoms with Gasteiger partial charge in [0.2, 0.25) is 0 Å². The standard InChI is InChI=1S/C8H6N4O8/c13-9(14)7(10(15)16)8(11(17)18,12(19)20)6-4-2-1-3-5-6/h1-5,7H. The molecular weight excluding hydrogens is 280 g/mol. The second kappa shape index (κ2) is 5.21. The summed E-state index contributed by atoms with van der Waals surface area (Å²) in [5.41, 5.74) is -4.46. The van der Waals surface area contributed by atoms with Gasteiger partial charge < -0.3 is 0 Å². The van der Waals surface area contributed by atoms with Crippen LogP contribution in [-0.4, -0.2) is 25.9 Å². The molecule has 0 unspecified atom stereocenters. The minimum Gasteiger partial charge on any atom is -0.258 e. The summed E-state index contributed by atoms with van der Waals surface area (Å²) < 4.78 is 0. The highest BCUT2D eigenvalue weighted by Gasteiger charge is 2.79. The summed E-state index contributed by atoms with van der Waals surface area (Å²) in [4.78, 5) is 37.0. The minimum absolute atomic E-state index is 0.756. The van der Waals surface area contributed by atoms with Crippen LogP contribution in [0.3, 0.4) is 0 Å². The summed E-state index contributed by atoms with van der Waals surface area (Å²) in [6.07, 6.45) is -3.25. The summed E-state index contributed by atoms with van der Waals surface area (Å²) in [6.45, 7) is 0. The lowest BCUT2D eigenvalue weighted by molar-refractivity contribution is -0.913. The number of rotatable bonds is 6. The molecule has 0 heterocycles. The molecule has 0 aliphatic carbocycles. The topological polar surface area (TPSA) is 173 Å². The maximum Gasteiger partial charge on any atom is 0.618 e. The molecule has 0 fully saturated rings. The first-order valence-electron chi connectivity index (χ1n) is 4.87. The molecule has 20 heavy (non-hydrogen) atoms. The van der Waals surface area contributed by atoms with E-state index in [0.29, 0.717) is 0 Å². The predicted octanol–water partition coefficient (Wildman–Crippen LogP) is 0.272. The van der Waals surface area contributed by atoms with Gasteiger partial charge in [-0.3, -0.25) is 40.5 Å². The molecule has 0 bridgehead atoms. The predicted molar refractivity (Wildman–Crippen MR) is 59.9 cm³/mol. The fourth-order valence-electron chi connectivity index (χ4n) is 1.67. The monoisotopic (exact) mass is 286 g/mol. The van der Waals surface area contributed by atoms with E-state index in [1.807, 2.05) is 0 Å². The van der Waals surface area contributed by atoms with Crippen molar-refractivity contribution >= 4 is 0 Å². The maximum absolute atomic E-state index is 11.1. The first kappa shape index (κ1) is 14.9.